The molecule has 0 spiro atoms. The van der Waals surface area contributed by atoms with E-state index < -0.39 is 0 Å². The molecule has 1 N–H and O–H groups in total. The predicted molar refractivity (Wildman–Crippen MR) is 76.7 cm³/mol. The van der Waals surface area contributed by atoms with E-state index in [1.807, 2.05) is 6.07 Å². The Morgan fingerprint density at radius 1 is 1.28 bits per heavy atom. The summed E-state index contributed by atoms with van der Waals surface area (Å²) in [5, 5.41) is 4.49. The minimum Gasteiger partial charge on any atom is -0.490 e. The molecular formula is C14H19Cl2NO. The van der Waals surface area contributed by atoms with Crippen molar-refractivity contribution < 1.29 is 4.74 Å². The van der Waals surface area contributed by atoms with Gasteiger partial charge in [0, 0.05) is 18.5 Å². The van der Waals surface area contributed by atoms with Crippen molar-refractivity contribution in [3.8, 4) is 5.75 Å². The van der Waals surface area contributed by atoms with Crippen LogP contribution in [0, 0.1) is 11.8 Å². The van der Waals surface area contributed by atoms with Crippen LogP contribution in [0.2, 0.25) is 10.0 Å². The smallest absolute Gasteiger partial charge is 0.121 e. The Labute approximate surface area is 119 Å². The van der Waals surface area contributed by atoms with Crippen LogP contribution in [0.25, 0.3) is 0 Å². The van der Waals surface area contributed by atoms with Crippen LogP contribution in [0.4, 0.5) is 0 Å². The average molecular weight is 288 g/mol. The highest BCUT2D eigenvalue weighted by atomic mass is 35.5. The zero-order chi connectivity index (χ0) is 13.1. The van der Waals surface area contributed by atoms with E-state index in [4.69, 9.17) is 27.9 Å². The molecule has 1 saturated heterocycles. The molecule has 1 heterocycles. The molecule has 1 aromatic rings. The summed E-state index contributed by atoms with van der Waals surface area (Å²) >= 11 is 11.9. The first kappa shape index (κ1) is 14.0. The Hall–Kier alpha value is -0.440. The van der Waals surface area contributed by atoms with Gasteiger partial charge in [0.2, 0.25) is 0 Å². The summed E-state index contributed by atoms with van der Waals surface area (Å²) in [4.78, 5) is 0. The molecule has 2 unspecified atom stereocenters. The monoisotopic (exact) mass is 287 g/mol. The third-order valence-corrected chi connectivity index (χ3v) is 4.12. The van der Waals surface area contributed by atoms with Gasteiger partial charge in [-0.15, -0.1) is 0 Å². The number of rotatable bonds is 4. The lowest BCUT2D eigenvalue weighted by atomic mass is 9.92. The Balaban J connectivity index is 2.10. The van der Waals surface area contributed by atoms with Gasteiger partial charge in [-0.25, -0.2) is 0 Å². The second-order valence-electron chi connectivity index (χ2n) is 5.16. The van der Waals surface area contributed by atoms with Gasteiger partial charge in [-0.2, -0.15) is 0 Å². The van der Waals surface area contributed by atoms with Crippen LogP contribution >= 0.6 is 23.2 Å². The Bertz CT molecular complexity index is 403. The summed E-state index contributed by atoms with van der Waals surface area (Å²) in [6.07, 6.45) is 1.39. The zero-order valence-electron chi connectivity index (χ0n) is 10.7. The summed E-state index contributed by atoms with van der Waals surface area (Å²) in [6.45, 7) is 6.50. The maximum atomic E-state index is 6.11. The first-order valence-corrected chi connectivity index (χ1v) is 7.16. The lowest BCUT2D eigenvalue weighted by molar-refractivity contribution is 0.0974. The largest absolute Gasteiger partial charge is 0.490 e. The van der Waals surface area contributed by atoms with Crippen LogP contribution in [-0.4, -0.2) is 19.2 Å². The van der Waals surface area contributed by atoms with Crippen molar-refractivity contribution in [3.05, 3.63) is 28.2 Å². The zero-order valence-corrected chi connectivity index (χ0v) is 12.3. The van der Waals surface area contributed by atoms with Gasteiger partial charge in [-0.3, -0.25) is 0 Å². The van der Waals surface area contributed by atoms with Gasteiger partial charge in [0.15, 0.2) is 0 Å². The molecule has 1 fully saturated rings. The first-order chi connectivity index (χ1) is 8.58. The number of benzene rings is 1. The summed E-state index contributed by atoms with van der Waals surface area (Å²) < 4.78 is 6.11. The van der Waals surface area contributed by atoms with Crippen molar-refractivity contribution in [1.29, 1.82) is 0 Å². The SMILES string of the molecule is CC(C)C(Oc1ccc(Cl)c(Cl)c1)C1CCNC1. The average Bonchev–Trinajstić information content (AvgIpc) is 2.83. The van der Waals surface area contributed by atoms with Gasteiger partial charge < -0.3 is 10.1 Å². The molecule has 0 aromatic heterocycles. The van der Waals surface area contributed by atoms with Crippen LogP contribution in [0.1, 0.15) is 20.3 Å². The number of nitrogens with one attached hydrogen (secondary N) is 1. The van der Waals surface area contributed by atoms with Crippen molar-refractivity contribution in [2.24, 2.45) is 11.8 Å². The fourth-order valence-electron chi connectivity index (χ4n) is 2.44. The first-order valence-electron chi connectivity index (χ1n) is 6.40. The number of halogens is 2. The molecule has 1 aliphatic heterocycles. The minimum atomic E-state index is 0.220. The molecule has 2 nitrogen and oxygen atoms in total. The fraction of sp³-hybridized carbons (Fsp3) is 0.571. The van der Waals surface area contributed by atoms with E-state index in [2.05, 4.69) is 19.2 Å². The maximum Gasteiger partial charge on any atom is 0.121 e. The standard InChI is InChI=1S/C14H19Cl2NO/c1-9(2)14(10-5-6-17-8-10)18-11-3-4-12(15)13(16)7-11/h3-4,7,9-10,14,17H,5-6,8H2,1-2H3. The van der Waals surface area contributed by atoms with Crippen molar-refractivity contribution in [1.82, 2.24) is 5.32 Å². The molecule has 0 aliphatic carbocycles. The van der Waals surface area contributed by atoms with Gasteiger partial charge in [0.05, 0.1) is 10.0 Å². The van der Waals surface area contributed by atoms with Gasteiger partial charge in [0.1, 0.15) is 11.9 Å². The lowest BCUT2D eigenvalue weighted by Gasteiger charge is -2.27. The van der Waals surface area contributed by atoms with Gasteiger partial charge >= 0.3 is 0 Å². The topological polar surface area (TPSA) is 21.3 Å². The number of hydrogen-bond donors (Lipinski definition) is 1. The predicted octanol–water partition coefficient (Wildman–Crippen LogP) is 4.01. The van der Waals surface area contributed by atoms with Crippen molar-refractivity contribution in [2.45, 2.75) is 26.4 Å². The van der Waals surface area contributed by atoms with Crippen LogP contribution < -0.4 is 10.1 Å². The quantitative estimate of drug-likeness (QED) is 0.904. The third kappa shape index (κ3) is 3.31. The van der Waals surface area contributed by atoms with Crippen LogP contribution in [0.15, 0.2) is 18.2 Å². The second kappa shape index (κ2) is 6.14. The summed E-state index contributed by atoms with van der Waals surface area (Å²) in [5.74, 6) is 1.85. The molecule has 0 amide bonds. The van der Waals surface area contributed by atoms with E-state index in [-0.39, 0.29) is 6.10 Å². The Morgan fingerprint density at radius 2 is 2.06 bits per heavy atom. The highest BCUT2D eigenvalue weighted by Gasteiger charge is 2.29. The summed E-state index contributed by atoms with van der Waals surface area (Å²) in [5.41, 5.74) is 0. The van der Waals surface area contributed by atoms with Crippen molar-refractivity contribution in [3.63, 3.8) is 0 Å². The molecule has 1 aliphatic rings. The van der Waals surface area contributed by atoms with E-state index in [9.17, 15) is 0 Å². The fourth-order valence-corrected chi connectivity index (χ4v) is 2.73. The van der Waals surface area contributed by atoms with E-state index in [1.54, 1.807) is 12.1 Å². The summed E-state index contributed by atoms with van der Waals surface area (Å²) in [7, 11) is 0. The molecule has 2 atom stereocenters. The molecule has 0 bridgehead atoms. The van der Waals surface area contributed by atoms with Crippen molar-refractivity contribution in [2.75, 3.05) is 13.1 Å². The molecule has 4 heteroatoms. The molecular weight excluding hydrogens is 269 g/mol. The van der Waals surface area contributed by atoms with E-state index >= 15 is 0 Å². The molecule has 2 rings (SSSR count). The van der Waals surface area contributed by atoms with E-state index in [0.29, 0.717) is 21.9 Å². The van der Waals surface area contributed by atoms with Crippen LogP contribution in [0.5, 0.6) is 5.75 Å². The molecule has 18 heavy (non-hydrogen) atoms. The Kier molecular flexibility index (Phi) is 4.77. The number of ether oxygens (including phenoxy) is 1. The van der Waals surface area contributed by atoms with E-state index in [0.717, 1.165) is 18.8 Å². The van der Waals surface area contributed by atoms with Gasteiger partial charge in [-0.05, 0) is 31.0 Å². The summed E-state index contributed by atoms with van der Waals surface area (Å²) in [6, 6.07) is 5.46. The molecule has 1 aromatic carbocycles. The van der Waals surface area contributed by atoms with Crippen molar-refractivity contribution >= 4 is 23.2 Å². The molecule has 0 radical (unpaired) electrons. The highest BCUT2D eigenvalue weighted by molar-refractivity contribution is 6.42. The Morgan fingerprint density at radius 3 is 2.61 bits per heavy atom. The molecule has 0 saturated carbocycles. The third-order valence-electron chi connectivity index (χ3n) is 3.38. The normalized spacial score (nSPS) is 21.3. The van der Waals surface area contributed by atoms with Crippen LogP contribution in [0.3, 0.4) is 0 Å². The highest BCUT2D eigenvalue weighted by Crippen LogP contribution is 2.30. The van der Waals surface area contributed by atoms with Crippen LogP contribution in [-0.2, 0) is 0 Å². The van der Waals surface area contributed by atoms with Gasteiger partial charge in [0.25, 0.3) is 0 Å². The van der Waals surface area contributed by atoms with Gasteiger partial charge in [-0.1, -0.05) is 37.0 Å². The maximum absolute atomic E-state index is 6.11. The van der Waals surface area contributed by atoms with E-state index in [1.165, 1.54) is 6.42 Å². The second-order valence-corrected chi connectivity index (χ2v) is 5.97. The molecule has 100 valence electrons. The lowest BCUT2D eigenvalue weighted by Crippen LogP contribution is -2.33. The minimum absolute atomic E-state index is 0.220. The number of hydrogen-bond acceptors (Lipinski definition) is 2.